The van der Waals surface area contributed by atoms with Crippen molar-refractivity contribution < 1.29 is 17.9 Å². The molecule has 0 aliphatic carbocycles. The van der Waals surface area contributed by atoms with Crippen molar-refractivity contribution >= 4 is 38.6 Å². The van der Waals surface area contributed by atoms with Gasteiger partial charge in [0.2, 0.25) is 5.91 Å². The number of anilines is 1. The van der Waals surface area contributed by atoms with Crippen LogP contribution in [-0.2, 0) is 34.4 Å². The zero-order chi connectivity index (χ0) is 29.7. The summed E-state index contributed by atoms with van der Waals surface area (Å²) in [4.78, 5) is 13.7. The second-order valence-electron chi connectivity index (χ2n) is 10.6. The fraction of sp³-hybridized carbons (Fsp3) is 0.290. The molecule has 1 amide bonds. The van der Waals surface area contributed by atoms with Crippen LogP contribution in [0.3, 0.4) is 0 Å². The average Bonchev–Trinajstić information content (AvgIpc) is 3.27. The van der Waals surface area contributed by atoms with E-state index in [0.29, 0.717) is 31.3 Å². The van der Waals surface area contributed by atoms with Crippen LogP contribution in [-0.4, -0.2) is 42.8 Å². The molecule has 1 atom stereocenters. The van der Waals surface area contributed by atoms with Crippen molar-refractivity contribution in [1.82, 2.24) is 9.47 Å². The molecule has 1 aliphatic rings. The summed E-state index contributed by atoms with van der Waals surface area (Å²) in [6.07, 6.45) is 2.18. The van der Waals surface area contributed by atoms with Gasteiger partial charge in [0.1, 0.15) is 18.2 Å². The fourth-order valence-corrected chi connectivity index (χ4v) is 6.62. The lowest BCUT2D eigenvalue weighted by Crippen LogP contribution is -2.44. The first-order valence-corrected chi connectivity index (χ1v) is 15.5. The Morgan fingerprint density at radius 1 is 1.00 bits per heavy atom. The first-order chi connectivity index (χ1) is 20.2. The highest BCUT2D eigenvalue weighted by Gasteiger charge is 2.27. The van der Waals surface area contributed by atoms with Gasteiger partial charge in [-0.1, -0.05) is 48.5 Å². The zero-order valence-electron chi connectivity index (χ0n) is 23.3. The van der Waals surface area contributed by atoms with Crippen molar-refractivity contribution in [3.63, 3.8) is 0 Å². The third-order valence-electron chi connectivity index (χ3n) is 7.61. The molecule has 6 N–H and O–H groups in total. The van der Waals surface area contributed by atoms with Crippen LogP contribution in [0.15, 0.2) is 83.8 Å². The van der Waals surface area contributed by atoms with Crippen LogP contribution < -0.4 is 20.9 Å². The van der Waals surface area contributed by atoms with Crippen molar-refractivity contribution in [2.75, 3.05) is 17.8 Å². The smallest absolute Gasteiger partial charge is 0.263 e. The number of ether oxygens (including phenoxy) is 1. The minimum absolute atomic E-state index is 0.0383. The summed E-state index contributed by atoms with van der Waals surface area (Å²) < 4.78 is 38.1. The van der Waals surface area contributed by atoms with E-state index in [1.807, 2.05) is 64.1 Å². The number of sulfonamides is 1. The van der Waals surface area contributed by atoms with Crippen molar-refractivity contribution in [2.45, 2.75) is 43.7 Å². The Labute approximate surface area is 245 Å². The number of hydrogen-bond acceptors (Lipinski definition) is 5. The number of likely N-dealkylation sites (tertiary alicyclic amines) is 1. The van der Waals surface area contributed by atoms with Crippen LogP contribution in [0, 0.1) is 11.3 Å². The maximum absolute atomic E-state index is 13.7. The number of rotatable bonds is 11. The molecule has 1 aromatic heterocycles. The first-order valence-electron chi connectivity index (χ1n) is 14.0. The van der Waals surface area contributed by atoms with Gasteiger partial charge in [-0.25, -0.2) is 8.42 Å². The van der Waals surface area contributed by atoms with Gasteiger partial charge in [-0.05, 0) is 61.1 Å². The van der Waals surface area contributed by atoms with Crippen LogP contribution in [0.2, 0.25) is 0 Å². The Balaban J connectivity index is 1.45. The van der Waals surface area contributed by atoms with Gasteiger partial charge in [0.05, 0.1) is 4.90 Å². The highest BCUT2D eigenvalue weighted by molar-refractivity contribution is 7.92. The second-order valence-corrected chi connectivity index (χ2v) is 12.3. The second kappa shape index (κ2) is 12.6. The Bertz CT molecular complexity index is 1670. The monoisotopic (exact) mass is 588 g/mol. The number of nitrogens with one attached hydrogen (secondary N) is 2. The van der Waals surface area contributed by atoms with E-state index in [2.05, 4.69) is 4.72 Å². The number of nitrogens with zero attached hydrogens (tertiary/aromatic N) is 2. The summed E-state index contributed by atoms with van der Waals surface area (Å²) in [6, 6.07) is 23.7. The highest BCUT2D eigenvalue weighted by atomic mass is 32.2. The lowest BCUT2D eigenvalue weighted by Gasteiger charge is -2.33. The van der Waals surface area contributed by atoms with E-state index >= 15 is 0 Å². The number of hydrogen-bond donors (Lipinski definition) is 4. The topological polar surface area (TPSA) is 157 Å². The highest BCUT2D eigenvalue weighted by Crippen LogP contribution is 2.35. The third-order valence-corrected chi connectivity index (χ3v) is 8.97. The number of carbonyl (C=O) groups excluding carboxylic acids is 1. The van der Waals surface area contributed by atoms with E-state index in [9.17, 15) is 13.2 Å². The molecule has 42 heavy (non-hydrogen) atoms. The lowest BCUT2D eigenvalue weighted by molar-refractivity contribution is -0.117. The van der Waals surface area contributed by atoms with Gasteiger partial charge >= 0.3 is 0 Å². The van der Waals surface area contributed by atoms with Crippen LogP contribution in [0.25, 0.3) is 10.9 Å². The number of amides is 1. The minimum Gasteiger partial charge on any atom is -0.489 e. The standard InChI is InChI=1S/C31H36N6O4S/c32-29(38)17-16-27-26-10-4-5-11-28(26)37(20-23-9-6-18-36(19-23)31(33)34)30(27)35-42(39,40)25-14-12-24(13-15-25)41-21-22-7-2-1-3-8-22/h1-5,7-8,10-15,23,35H,6,9,16-21H2,(H2,32,38)(H3,33,34)/t23-/m1/s1. The number of piperidine rings is 1. The molecule has 3 aromatic carbocycles. The molecular weight excluding hydrogens is 552 g/mol. The maximum Gasteiger partial charge on any atom is 0.263 e. The summed E-state index contributed by atoms with van der Waals surface area (Å²) >= 11 is 0. The van der Waals surface area contributed by atoms with Gasteiger partial charge in [0.25, 0.3) is 10.0 Å². The first kappa shape index (κ1) is 29.0. The van der Waals surface area contributed by atoms with Gasteiger partial charge in [-0.2, -0.15) is 0 Å². The predicted molar refractivity (Wildman–Crippen MR) is 164 cm³/mol. The van der Waals surface area contributed by atoms with Gasteiger partial charge in [-0.3, -0.25) is 14.9 Å². The number of benzene rings is 3. The summed E-state index contributed by atoms with van der Waals surface area (Å²) in [7, 11) is -4.00. The molecule has 11 heteroatoms. The molecule has 10 nitrogen and oxygen atoms in total. The van der Waals surface area contributed by atoms with E-state index in [4.69, 9.17) is 21.6 Å². The van der Waals surface area contributed by atoms with Gasteiger partial charge in [-0.15, -0.1) is 0 Å². The molecule has 1 fully saturated rings. The number of para-hydroxylation sites is 1. The Morgan fingerprint density at radius 3 is 2.43 bits per heavy atom. The Hall–Kier alpha value is -4.51. The largest absolute Gasteiger partial charge is 0.489 e. The van der Waals surface area contributed by atoms with E-state index in [-0.39, 0.29) is 29.6 Å². The maximum atomic E-state index is 13.7. The number of aromatic nitrogens is 1. The van der Waals surface area contributed by atoms with Crippen molar-refractivity contribution in [3.05, 3.63) is 90.0 Å². The van der Waals surface area contributed by atoms with Gasteiger partial charge in [0, 0.05) is 42.5 Å². The molecule has 1 saturated heterocycles. The van der Waals surface area contributed by atoms with Crippen LogP contribution in [0.5, 0.6) is 5.75 Å². The van der Waals surface area contributed by atoms with Crippen LogP contribution in [0.4, 0.5) is 5.82 Å². The predicted octanol–water partition coefficient (Wildman–Crippen LogP) is 4.04. The summed E-state index contributed by atoms with van der Waals surface area (Å²) in [6.45, 7) is 2.23. The molecule has 4 aromatic rings. The summed E-state index contributed by atoms with van der Waals surface area (Å²) in [5.74, 6) is 0.697. The molecule has 0 spiro atoms. The lowest BCUT2D eigenvalue weighted by atomic mass is 9.98. The normalized spacial score (nSPS) is 15.4. The van der Waals surface area contributed by atoms with E-state index < -0.39 is 15.9 Å². The molecule has 1 aliphatic heterocycles. The van der Waals surface area contributed by atoms with E-state index in [0.717, 1.165) is 41.4 Å². The third kappa shape index (κ3) is 6.68. The quantitative estimate of drug-likeness (QED) is 0.153. The zero-order valence-corrected chi connectivity index (χ0v) is 24.1. The summed E-state index contributed by atoms with van der Waals surface area (Å²) in [5.41, 5.74) is 13.9. The number of carbonyl (C=O) groups is 1. The SMILES string of the molecule is N=C(N)N1CCC[C@@H](Cn2c(NS(=O)(=O)c3ccc(OCc4ccccc4)cc3)c(CCC(N)=O)c3ccccc32)C1. The number of fused-ring (bicyclic) bond motifs is 1. The van der Waals surface area contributed by atoms with Crippen LogP contribution in [0.1, 0.15) is 30.4 Å². The average molecular weight is 589 g/mol. The van der Waals surface area contributed by atoms with Crippen molar-refractivity contribution in [2.24, 2.45) is 17.4 Å². The molecule has 0 unspecified atom stereocenters. The molecule has 0 radical (unpaired) electrons. The van der Waals surface area contributed by atoms with E-state index in [1.54, 1.807) is 12.1 Å². The Morgan fingerprint density at radius 2 is 1.71 bits per heavy atom. The molecule has 5 rings (SSSR count). The fourth-order valence-electron chi connectivity index (χ4n) is 5.52. The Kier molecular flexibility index (Phi) is 8.67. The molecular formula is C31H36N6O4S. The number of guanidine groups is 1. The van der Waals surface area contributed by atoms with E-state index in [1.165, 1.54) is 12.1 Å². The number of aryl methyl sites for hydroxylation is 1. The molecule has 0 saturated carbocycles. The van der Waals surface area contributed by atoms with Gasteiger partial charge < -0.3 is 25.7 Å². The van der Waals surface area contributed by atoms with Crippen molar-refractivity contribution in [1.29, 1.82) is 5.41 Å². The van der Waals surface area contributed by atoms with Crippen molar-refractivity contribution in [3.8, 4) is 5.75 Å². The molecule has 0 bridgehead atoms. The molecule has 220 valence electrons. The molecule has 2 heterocycles. The van der Waals surface area contributed by atoms with Gasteiger partial charge in [0.15, 0.2) is 5.96 Å². The summed E-state index contributed by atoms with van der Waals surface area (Å²) in [5, 5.41) is 8.74. The van der Waals surface area contributed by atoms with Crippen LogP contribution >= 0.6 is 0 Å². The number of primary amides is 1. The number of nitrogens with two attached hydrogens (primary N) is 2. The minimum atomic E-state index is -4.00.